The molecular weight excluding hydrogens is 455 g/mol. The molecule has 0 atom stereocenters. The maximum atomic E-state index is 12.7. The summed E-state index contributed by atoms with van der Waals surface area (Å²) >= 11 is 13.5. The van der Waals surface area contributed by atoms with Gasteiger partial charge >= 0.3 is 5.97 Å². The van der Waals surface area contributed by atoms with Crippen LogP contribution < -0.4 is 10.2 Å². The van der Waals surface area contributed by atoms with Crippen molar-refractivity contribution in [2.24, 2.45) is 5.10 Å². The fraction of sp³-hybridized carbons (Fsp3) is 0. The number of benzene rings is 3. The number of hydrazone groups is 1. The summed E-state index contributed by atoms with van der Waals surface area (Å²) in [7, 11) is 0. The summed E-state index contributed by atoms with van der Waals surface area (Å²) in [6.45, 7) is 0. The number of hydrogen-bond donors (Lipinski definition) is 1. The van der Waals surface area contributed by atoms with Crippen molar-refractivity contribution in [3.8, 4) is 5.75 Å². The van der Waals surface area contributed by atoms with E-state index in [-0.39, 0.29) is 5.91 Å². The Morgan fingerprint density at radius 2 is 1.65 bits per heavy atom. The minimum Gasteiger partial charge on any atom is -0.422 e. The Morgan fingerprint density at radius 3 is 2.42 bits per heavy atom. The van der Waals surface area contributed by atoms with Crippen LogP contribution in [-0.4, -0.2) is 18.1 Å². The first kappa shape index (κ1) is 21.1. The number of carbonyl (C=O) groups is 2. The molecule has 1 aromatic heterocycles. The molecule has 0 fully saturated rings. The highest BCUT2D eigenvalue weighted by atomic mass is 35.5. The predicted molar refractivity (Wildman–Crippen MR) is 125 cm³/mol. The molecule has 4 aromatic rings. The van der Waals surface area contributed by atoms with E-state index in [4.69, 9.17) is 27.9 Å². The molecule has 0 saturated carbocycles. The van der Waals surface area contributed by atoms with Crippen LogP contribution in [0.15, 0.2) is 77.9 Å². The first-order chi connectivity index (χ1) is 15.0. The van der Waals surface area contributed by atoms with Crippen LogP contribution in [0.3, 0.4) is 0 Å². The lowest BCUT2D eigenvalue weighted by Crippen LogP contribution is -2.17. The Labute approximate surface area is 191 Å². The number of ether oxygens (including phenoxy) is 1. The van der Waals surface area contributed by atoms with Gasteiger partial charge in [0.1, 0.15) is 10.6 Å². The van der Waals surface area contributed by atoms with E-state index in [1.54, 1.807) is 48.5 Å². The van der Waals surface area contributed by atoms with Crippen LogP contribution in [0.5, 0.6) is 5.75 Å². The highest BCUT2D eigenvalue weighted by molar-refractivity contribution is 7.21. The lowest BCUT2D eigenvalue weighted by molar-refractivity contribution is 0.0739. The molecule has 0 bridgehead atoms. The van der Waals surface area contributed by atoms with Crippen LogP contribution in [0.25, 0.3) is 10.1 Å². The van der Waals surface area contributed by atoms with E-state index in [1.807, 2.05) is 24.3 Å². The molecule has 0 unspecified atom stereocenters. The van der Waals surface area contributed by atoms with Gasteiger partial charge in [-0.3, -0.25) is 4.79 Å². The molecule has 3 aromatic carbocycles. The molecule has 1 heterocycles. The molecule has 0 aliphatic rings. The molecule has 0 aliphatic heterocycles. The Balaban J connectivity index is 1.49. The summed E-state index contributed by atoms with van der Waals surface area (Å²) in [6.07, 6.45) is 1.41. The van der Waals surface area contributed by atoms with Gasteiger partial charge < -0.3 is 4.74 Å². The minimum atomic E-state index is -0.558. The molecule has 0 radical (unpaired) electrons. The Morgan fingerprint density at radius 1 is 0.935 bits per heavy atom. The summed E-state index contributed by atoms with van der Waals surface area (Å²) in [4.78, 5) is 25.2. The SMILES string of the molecule is O=C(N/N=C/c1ccccc1OC(=O)c1sc2ccccc2c1Cl)c1ccc(Cl)cc1. The van der Waals surface area contributed by atoms with E-state index in [0.717, 1.165) is 10.1 Å². The number of fused-ring (bicyclic) bond motifs is 1. The molecule has 31 heavy (non-hydrogen) atoms. The van der Waals surface area contributed by atoms with E-state index in [9.17, 15) is 9.59 Å². The number of halogens is 2. The van der Waals surface area contributed by atoms with Gasteiger partial charge in [-0.2, -0.15) is 5.10 Å². The van der Waals surface area contributed by atoms with Crippen molar-refractivity contribution in [2.45, 2.75) is 0 Å². The standard InChI is InChI=1S/C23H14Cl2N2O3S/c24-16-11-9-14(10-12-16)22(28)27-26-13-15-5-1-3-7-18(15)30-23(29)21-20(25)17-6-2-4-8-19(17)31-21/h1-13H,(H,27,28)/b26-13+. The van der Waals surface area contributed by atoms with Crippen LogP contribution in [0, 0.1) is 0 Å². The average Bonchev–Trinajstić information content (AvgIpc) is 3.12. The van der Waals surface area contributed by atoms with Crippen LogP contribution in [0.4, 0.5) is 0 Å². The van der Waals surface area contributed by atoms with Gasteiger partial charge in [-0.05, 0) is 42.5 Å². The zero-order valence-electron chi connectivity index (χ0n) is 15.8. The molecule has 8 heteroatoms. The second-order valence-corrected chi connectivity index (χ2v) is 8.24. The molecular formula is C23H14Cl2N2O3S. The molecule has 1 N–H and O–H groups in total. The highest BCUT2D eigenvalue weighted by Crippen LogP contribution is 2.36. The van der Waals surface area contributed by atoms with E-state index in [2.05, 4.69) is 10.5 Å². The second-order valence-electron chi connectivity index (χ2n) is 6.37. The number of thiophene rings is 1. The van der Waals surface area contributed by atoms with Gasteiger partial charge in [0.25, 0.3) is 5.91 Å². The van der Waals surface area contributed by atoms with Gasteiger partial charge in [0.2, 0.25) is 0 Å². The molecule has 154 valence electrons. The number of para-hydroxylation sites is 1. The second kappa shape index (κ2) is 9.31. The molecule has 0 spiro atoms. The van der Waals surface area contributed by atoms with Crippen molar-refractivity contribution in [1.82, 2.24) is 5.43 Å². The number of hydrogen-bond acceptors (Lipinski definition) is 5. The fourth-order valence-corrected chi connectivity index (χ4v) is 4.31. The normalized spacial score (nSPS) is 11.0. The third-order valence-corrected chi connectivity index (χ3v) is 6.23. The summed E-state index contributed by atoms with van der Waals surface area (Å²) in [5.74, 6) is -0.651. The average molecular weight is 469 g/mol. The lowest BCUT2D eigenvalue weighted by Gasteiger charge is -2.06. The van der Waals surface area contributed by atoms with Crippen molar-refractivity contribution < 1.29 is 14.3 Å². The van der Waals surface area contributed by atoms with Crippen molar-refractivity contribution in [2.75, 3.05) is 0 Å². The topological polar surface area (TPSA) is 67.8 Å². The maximum Gasteiger partial charge on any atom is 0.355 e. The molecule has 4 rings (SSSR count). The molecule has 0 saturated heterocycles. The summed E-state index contributed by atoms with van der Waals surface area (Å²) in [6, 6.07) is 20.8. The predicted octanol–water partition coefficient (Wildman–Crippen LogP) is 6.19. The lowest BCUT2D eigenvalue weighted by atomic mass is 10.2. The number of rotatable bonds is 5. The van der Waals surface area contributed by atoms with Crippen molar-refractivity contribution in [3.63, 3.8) is 0 Å². The fourth-order valence-electron chi connectivity index (χ4n) is 2.80. The van der Waals surface area contributed by atoms with E-state index < -0.39 is 5.97 Å². The summed E-state index contributed by atoms with van der Waals surface area (Å²) < 4.78 is 6.47. The van der Waals surface area contributed by atoms with E-state index >= 15 is 0 Å². The van der Waals surface area contributed by atoms with Crippen LogP contribution in [-0.2, 0) is 0 Å². The van der Waals surface area contributed by atoms with Crippen molar-refractivity contribution in [1.29, 1.82) is 0 Å². The smallest absolute Gasteiger partial charge is 0.355 e. The van der Waals surface area contributed by atoms with E-state index in [0.29, 0.717) is 31.8 Å². The Kier molecular flexibility index (Phi) is 6.32. The monoisotopic (exact) mass is 468 g/mol. The van der Waals surface area contributed by atoms with Gasteiger partial charge in [0, 0.05) is 26.2 Å². The van der Waals surface area contributed by atoms with Crippen LogP contribution >= 0.6 is 34.5 Å². The van der Waals surface area contributed by atoms with Gasteiger partial charge in [-0.25, -0.2) is 10.2 Å². The number of nitrogens with zero attached hydrogens (tertiary/aromatic N) is 1. The summed E-state index contributed by atoms with van der Waals surface area (Å²) in [5, 5.41) is 5.67. The van der Waals surface area contributed by atoms with Crippen LogP contribution in [0.2, 0.25) is 10.0 Å². The zero-order valence-corrected chi connectivity index (χ0v) is 18.2. The first-order valence-electron chi connectivity index (χ1n) is 9.10. The van der Waals surface area contributed by atoms with E-state index in [1.165, 1.54) is 17.6 Å². The van der Waals surface area contributed by atoms with Gasteiger partial charge in [0.05, 0.1) is 11.2 Å². The number of carbonyl (C=O) groups excluding carboxylic acids is 2. The number of amides is 1. The van der Waals surface area contributed by atoms with Gasteiger partial charge in [-0.15, -0.1) is 11.3 Å². The third kappa shape index (κ3) is 4.77. The first-order valence-corrected chi connectivity index (χ1v) is 10.7. The largest absolute Gasteiger partial charge is 0.422 e. The maximum absolute atomic E-state index is 12.7. The molecule has 5 nitrogen and oxygen atoms in total. The van der Waals surface area contributed by atoms with Crippen LogP contribution in [0.1, 0.15) is 25.6 Å². The molecule has 1 amide bonds. The van der Waals surface area contributed by atoms with Gasteiger partial charge in [-0.1, -0.05) is 53.5 Å². The zero-order chi connectivity index (χ0) is 21.8. The Bertz CT molecular complexity index is 1300. The Hall–Kier alpha value is -3.19. The summed E-state index contributed by atoms with van der Waals surface area (Å²) in [5.41, 5.74) is 3.37. The van der Waals surface area contributed by atoms with Gasteiger partial charge in [0.15, 0.2) is 0 Å². The van der Waals surface area contributed by atoms with Crippen molar-refractivity contribution in [3.05, 3.63) is 98.8 Å². The number of esters is 1. The minimum absolute atomic E-state index is 0.297. The molecule has 0 aliphatic carbocycles. The third-order valence-electron chi connectivity index (χ3n) is 4.32. The van der Waals surface area contributed by atoms with Crippen molar-refractivity contribution >= 4 is 62.7 Å². The highest BCUT2D eigenvalue weighted by Gasteiger charge is 2.19. The quantitative estimate of drug-likeness (QED) is 0.164. The number of nitrogens with one attached hydrogen (secondary N) is 1.